The van der Waals surface area contributed by atoms with Gasteiger partial charge in [0.05, 0.1) is 22.4 Å². The molecule has 1 amide bonds. The summed E-state index contributed by atoms with van der Waals surface area (Å²) in [7, 11) is 0. The van der Waals surface area contributed by atoms with E-state index in [-0.39, 0.29) is 17.8 Å². The average Bonchev–Trinajstić information content (AvgIpc) is 3.14. The molecule has 1 aliphatic rings. The molecule has 1 N–H and O–H groups in total. The van der Waals surface area contributed by atoms with Crippen LogP contribution in [0.4, 0.5) is 4.39 Å². The van der Waals surface area contributed by atoms with Gasteiger partial charge in [-0.2, -0.15) is 5.10 Å². The summed E-state index contributed by atoms with van der Waals surface area (Å²) in [6.45, 7) is 1.96. The number of halogens is 3. The molecule has 0 spiro atoms. The number of nitrogens with one attached hydrogen (secondary N) is 1. The van der Waals surface area contributed by atoms with Crippen molar-refractivity contribution in [1.82, 2.24) is 15.1 Å². The minimum absolute atomic E-state index is 0.186. The first-order chi connectivity index (χ1) is 17.9. The topological polar surface area (TPSA) is 46.9 Å². The molecule has 188 valence electrons. The van der Waals surface area contributed by atoms with Crippen molar-refractivity contribution < 1.29 is 9.18 Å². The Labute approximate surface area is 225 Å². The summed E-state index contributed by atoms with van der Waals surface area (Å²) in [5, 5.41) is 8.89. The molecular formula is C30H26Cl2FN3O. The molecule has 0 unspecified atom stereocenters. The fourth-order valence-electron chi connectivity index (χ4n) is 4.75. The van der Waals surface area contributed by atoms with Crippen LogP contribution in [0.15, 0.2) is 72.8 Å². The Bertz CT molecular complexity index is 1460. The molecule has 0 aliphatic heterocycles. The van der Waals surface area contributed by atoms with Crippen LogP contribution in [0.25, 0.3) is 17.3 Å². The van der Waals surface area contributed by atoms with Gasteiger partial charge < -0.3 is 5.32 Å². The van der Waals surface area contributed by atoms with Crippen LogP contribution in [0.3, 0.4) is 0 Å². The standard InChI is InChI=1S/C30H26Cl2FN3O/c1-19(21-7-3-2-4-8-21)34-30(37)28-25-10-6-5-9-22(17-20-11-14-24(33)15-12-20)29(25)36(35-28)27-16-13-23(31)18-26(27)32/h2-4,7-8,11-19H,5-6,9-10H2,1H3,(H,34,37)/b22-17+/t19-/m0/s1. The Balaban J connectivity index is 1.64. The van der Waals surface area contributed by atoms with Gasteiger partial charge in [-0.15, -0.1) is 0 Å². The SMILES string of the molecule is C[C@H](NC(=O)c1nn(-c2ccc(Cl)cc2Cl)c2c1CCCC/C2=C\c1ccc(F)cc1)c1ccccc1. The second-order valence-corrected chi connectivity index (χ2v) is 10.1. The Hall–Kier alpha value is -3.41. The number of hydrogen-bond acceptors (Lipinski definition) is 2. The maximum Gasteiger partial charge on any atom is 0.272 e. The molecule has 0 bridgehead atoms. The van der Waals surface area contributed by atoms with E-state index in [1.54, 1.807) is 28.9 Å². The molecule has 0 fully saturated rings. The largest absolute Gasteiger partial charge is 0.344 e. The minimum atomic E-state index is -0.284. The maximum absolute atomic E-state index is 13.6. The van der Waals surface area contributed by atoms with Crippen molar-refractivity contribution in [3.05, 3.63) is 117 Å². The number of rotatable bonds is 5. The van der Waals surface area contributed by atoms with Gasteiger partial charge in [0, 0.05) is 10.6 Å². The number of amides is 1. The molecule has 0 radical (unpaired) electrons. The van der Waals surface area contributed by atoms with Gasteiger partial charge in [0.25, 0.3) is 5.91 Å². The molecule has 4 nitrogen and oxygen atoms in total. The zero-order valence-electron chi connectivity index (χ0n) is 20.3. The third-order valence-corrected chi connectivity index (χ3v) is 7.16. The van der Waals surface area contributed by atoms with Gasteiger partial charge in [-0.25, -0.2) is 9.07 Å². The van der Waals surface area contributed by atoms with Crippen molar-refractivity contribution in [2.45, 2.75) is 38.6 Å². The Morgan fingerprint density at radius 3 is 2.49 bits per heavy atom. The second kappa shape index (κ2) is 10.9. The van der Waals surface area contributed by atoms with Crippen LogP contribution < -0.4 is 5.32 Å². The summed E-state index contributed by atoms with van der Waals surface area (Å²) in [5.41, 5.74) is 5.67. The molecule has 1 aromatic heterocycles. The van der Waals surface area contributed by atoms with E-state index >= 15 is 0 Å². The van der Waals surface area contributed by atoms with Crippen LogP contribution in [0.2, 0.25) is 10.0 Å². The van der Waals surface area contributed by atoms with Crippen LogP contribution in [0.5, 0.6) is 0 Å². The number of hydrogen-bond donors (Lipinski definition) is 1. The van der Waals surface area contributed by atoms with E-state index in [0.29, 0.717) is 27.8 Å². The molecule has 1 atom stereocenters. The summed E-state index contributed by atoms with van der Waals surface area (Å²) in [5.74, 6) is -0.521. The highest BCUT2D eigenvalue weighted by atomic mass is 35.5. The molecule has 0 saturated carbocycles. The van der Waals surface area contributed by atoms with Crippen LogP contribution in [0, 0.1) is 5.82 Å². The maximum atomic E-state index is 13.6. The number of nitrogens with zero attached hydrogens (tertiary/aromatic N) is 2. The van der Waals surface area contributed by atoms with Crippen LogP contribution >= 0.6 is 23.2 Å². The van der Waals surface area contributed by atoms with Gasteiger partial charge in [-0.1, -0.05) is 65.7 Å². The van der Waals surface area contributed by atoms with Crippen molar-refractivity contribution >= 4 is 40.8 Å². The number of allylic oxidation sites excluding steroid dienone is 1. The molecule has 5 rings (SSSR count). The smallest absolute Gasteiger partial charge is 0.272 e. The van der Waals surface area contributed by atoms with Crippen LogP contribution in [0.1, 0.15) is 65.1 Å². The number of carbonyl (C=O) groups excluding carboxylic acids is 1. The van der Waals surface area contributed by atoms with Crippen LogP contribution in [-0.4, -0.2) is 15.7 Å². The summed E-state index contributed by atoms with van der Waals surface area (Å²) < 4.78 is 15.3. The first-order valence-electron chi connectivity index (χ1n) is 12.3. The van der Waals surface area contributed by atoms with Gasteiger partial charge in [-0.05, 0) is 85.7 Å². The molecule has 7 heteroatoms. The lowest BCUT2D eigenvalue weighted by Crippen LogP contribution is -2.28. The number of carbonyl (C=O) groups is 1. The van der Waals surface area contributed by atoms with E-state index in [1.165, 1.54) is 12.1 Å². The first-order valence-corrected chi connectivity index (χ1v) is 13.1. The van der Waals surface area contributed by atoms with E-state index in [4.69, 9.17) is 28.3 Å². The van der Waals surface area contributed by atoms with Gasteiger partial charge in [0.15, 0.2) is 5.69 Å². The van der Waals surface area contributed by atoms with Crippen molar-refractivity contribution in [1.29, 1.82) is 0 Å². The third-order valence-electron chi connectivity index (χ3n) is 6.62. The summed E-state index contributed by atoms with van der Waals surface area (Å²) >= 11 is 12.8. The van der Waals surface area contributed by atoms with Crippen LogP contribution in [-0.2, 0) is 6.42 Å². The predicted octanol–water partition coefficient (Wildman–Crippen LogP) is 8.08. The molecule has 3 aromatic carbocycles. The Morgan fingerprint density at radius 2 is 1.76 bits per heavy atom. The average molecular weight is 534 g/mol. The molecular weight excluding hydrogens is 508 g/mol. The molecule has 37 heavy (non-hydrogen) atoms. The minimum Gasteiger partial charge on any atom is -0.344 e. The molecule has 1 aliphatic carbocycles. The lowest BCUT2D eigenvalue weighted by atomic mass is 10.0. The predicted molar refractivity (Wildman–Crippen MR) is 148 cm³/mol. The molecule has 0 saturated heterocycles. The van der Waals surface area contributed by atoms with Gasteiger partial charge >= 0.3 is 0 Å². The summed E-state index contributed by atoms with van der Waals surface area (Å²) in [6.07, 6.45) is 5.42. The van der Waals surface area contributed by atoms with E-state index in [1.807, 2.05) is 49.4 Å². The van der Waals surface area contributed by atoms with E-state index in [2.05, 4.69) is 5.32 Å². The lowest BCUT2D eigenvalue weighted by molar-refractivity contribution is 0.0933. The highest BCUT2D eigenvalue weighted by Crippen LogP contribution is 2.37. The van der Waals surface area contributed by atoms with E-state index in [9.17, 15) is 9.18 Å². The Kier molecular flexibility index (Phi) is 7.45. The highest BCUT2D eigenvalue weighted by Gasteiger charge is 2.28. The van der Waals surface area contributed by atoms with E-state index in [0.717, 1.165) is 47.2 Å². The van der Waals surface area contributed by atoms with Gasteiger partial charge in [-0.3, -0.25) is 4.79 Å². The highest BCUT2D eigenvalue weighted by molar-refractivity contribution is 6.35. The van der Waals surface area contributed by atoms with Crippen molar-refractivity contribution in [3.63, 3.8) is 0 Å². The number of benzene rings is 3. The quantitative estimate of drug-likeness (QED) is 0.263. The lowest BCUT2D eigenvalue weighted by Gasteiger charge is -2.14. The first kappa shape index (κ1) is 25.2. The van der Waals surface area contributed by atoms with Gasteiger partial charge in [0.2, 0.25) is 0 Å². The normalized spacial score (nSPS) is 15.2. The van der Waals surface area contributed by atoms with E-state index < -0.39 is 0 Å². The zero-order chi connectivity index (χ0) is 25.9. The fraction of sp³-hybridized carbons (Fsp3) is 0.200. The molecule has 4 aromatic rings. The second-order valence-electron chi connectivity index (χ2n) is 9.22. The van der Waals surface area contributed by atoms with Crippen molar-refractivity contribution in [3.8, 4) is 5.69 Å². The Morgan fingerprint density at radius 1 is 1.03 bits per heavy atom. The summed E-state index contributed by atoms with van der Waals surface area (Å²) in [4.78, 5) is 13.6. The zero-order valence-corrected chi connectivity index (χ0v) is 21.9. The van der Waals surface area contributed by atoms with Crippen molar-refractivity contribution in [2.75, 3.05) is 0 Å². The number of fused-ring (bicyclic) bond motifs is 1. The third kappa shape index (κ3) is 5.48. The van der Waals surface area contributed by atoms with Gasteiger partial charge in [0.1, 0.15) is 5.82 Å². The van der Waals surface area contributed by atoms with Crippen molar-refractivity contribution in [2.24, 2.45) is 0 Å². The number of aromatic nitrogens is 2. The molecule has 1 heterocycles. The fourth-order valence-corrected chi connectivity index (χ4v) is 5.24. The monoisotopic (exact) mass is 533 g/mol. The summed E-state index contributed by atoms with van der Waals surface area (Å²) in [6, 6.07) is 21.3.